The van der Waals surface area contributed by atoms with Crippen molar-refractivity contribution in [3.05, 3.63) is 60.4 Å². The van der Waals surface area contributed by atoms with Gasteiger partial charge in [0, 0.05) is 17.4 Å². The number of rotatable bonds is 3. The van der Waals surface area contributed by atoms with Crippen molar-refractivity contribution in [2.24, 2.45) is 0 Å². The van der Waals surface area contributed by atoms with Gasteiger partial charge in [-0.25, -0.2) is 9.18 Å². The van der Waals surface area contributed by atoms with Crippen LogP contribution in [0.4, 0.5) is 20.6 Å². The first kappa shape index (κ1) is 14.1. The maximum absolute atomic E-state index is 12.9. The van der Waals surface area contributed by atoms with E-state index in [2.05, 4.69) is 5.32 Å². The van der Waals surface area contributed by atoms with E-state index in [1.807, 2.05) is 44.2 Å². The number of halogens is 1. The molecule has 3 nitrogen and oxygen atoms in total. The average molecular weight is 272 g/mol. The van der Waals surface area contributed by atoms with Gasteiger partial charge in [0.05, 0.1) is 0 Å². The van der Waals surface area contributed by atoms with Crippen molar-refractivity contribution in [2.75, 3.05) is 10.2 Å². The summed E-state index contributed by atoms with van der Waals surface area (Å²) in [5.41, 5.74) is 1.39. The van der Waals surface area contributed by atoms with E-state index in [0.29, 0.717) is 5.69 Å². The average Bonchev–Trinajstić information content (AvgIpc) is 2.42. The second-order valence-electron chi connectivity index (χ2n) is 4.74. The van der Waals surface area contributed by atoms with E-state index in [9.17, 15) is 9.18 Å². The summed E-state index contributed by atoms with van der Waals surface area (Å²) in [5.74, 6) is -0.327. The second kappa shape index (κ2) is 6.19. The van der Waals surface area contributed by atoms with Crippen molar-refractivity contribution >= 4 is 17.4 Å². The van der Waals surface area contributed by atoms with Gasteiger partial charge in [-0.05, 0) is 50.2 Å². The number of amides is 2. The molecule has 104 valence electrons. The van der Waals surface area contributed by atoms with Crippen molar-refractivity contribution in [1.29, 1.82) is 0 Å². The van der Waals surface area contributed by atoms with E-state index in [4.69, 9.17) is 0 Å². The fourth-order valence-electron chi connectivity index (χ4n) is 1.96. The Labute approximate surface area is 118 Å². The predicted molar refractivity (Wildman–Crippen MR) is 79.5 cm³/mol. The molecule has 2 amide bonds. The molecule has 2 aromatic rings. The minimum absolute atomic E-state index is 0.0119. The Morgan fingerprint density at radius 2 is 1.65 bits per heavy atom. The Hall–Kier alpha value is -2.36. The molecule has 20 heavy (non-hydrogen) atoms. The van der Waals surface area contributed by atoms with Crippen LogP contribution in [-0.2, 0) is 0 Å². The summed E-state index contributed by atoms with van der Waals surface area (Å²) in [4.78, 5) is 14.0. The highest BCUT2D eigenvalue weighted by Gasteiger charge is 2.18. The largest absolute Gasteiger partial charge is 0.326 e. The molecular formula is C16H17FN2O. The fraction of sp³-hybridized carbons (Fsp3) is 0.188. The second-order valence-corrected chi connectivity index (χ2v) is 4.74. The third kappa shape index (κ3) is 3.35. The third-order valence-corrected chi connectivity index (χ3v) is 2.87. The molecular weight excluding hydrogens is 255 g/mol. The summed E-state index contributed by atoms with van der Waals surface area (Å²) in [6.45, 7) is 3.88. The minimum atomic E-state index is -0.327. The van der Waals surface area contributed by atoms with Crippen LogP contribution in [0, 0.1) is 5.82 Å². The van der Waals surface area contributed by atoms with E-state index < -0.39 is 0 Å². The Bertz CT molecular complexity index is 567. The normalized spacial score (nSPS) is 10.4. The highest BCUT2D eigenvalue weighted by Crippen LogP contribution is 2.18. The third-order valence-electron chi connectivity index (χ3n) is 2.87. The van der Waals surface area contributed by atoms with E-state index in [1.165, 1.54) is 24.3 Å². The van der Waals surface area contributed by atoms with Gasteiger partial charge in [0.15, 0.2) is 0 Å². The first-order valence-electron chi connectivity index (χ1n) is 6.49. The van der Waals surface area contributed by atoms with Gasteiger partial charge in [-0.3, -0.25) is 4.90 Å². The maximum atomic E-state index is 12.9. The summed E-state index contributed by atoms with van der Waals surface area (Å²) in [6.07, 6.45) is 0. The Balaban J connectivity index is 2.18. The Kier molecular flexibility index (Phi) is 4.35. The van der Waals surface area contributed by atoms with Crippen molar-refractivity contribution in [3.8, 4) is 0 Å². The number of para-hydroxylation sites is 1. The number of nitrogens with one attached hydrogen (secondary N) is 1. The van der Waals surface area contributed by atoms with E-state index in [0.717, 1.165) is 5.69 Å². The van der Waals surface area contributed by atoms with Gasteiger partial charge in [-0.1, -0.05) is 18.2 Å². The zero-order chi connectivity index (χ0) is 14.5. The molecule has 0 fully saturated rings. The smallest absolute Gasteiger partial charge is 0.308 e. The number of anilines is 2. The highest BCUT2D eigenvalue weighted by atomic mass is 19.1. The molecule has 0 aliphatic carbocycles. The molecule has 0 unspecified atom stereocenters. The van der Waals surface area contributed by atoms with Crippen molar-refractivity contribution in [2.45, 2.75) is 19.9 Å². The summed E-state index contributed by atoms with van der Waals surface area (Å²) in [7, 11) is 0. The van der Waals surface area contributed by atoms with Crippen LogP contribution in [0.25, 0.3) is 0 Å². The van der Waals surface area contributed by atoms with Crippen LogP contribution >= 0.6 is 0 Å². The first-order chi connectivity index (χ1) is 9.58. The number of hydrogen-bond donors (Lipinski definition) is 1. The van der Waals surface area contributed by atoms with Crippen LogP contribution in [0.3, 0.4) is 0 Å². The molecule has 0 spiro atoms. The summed E-state index contributed by atoms with van der Waals surface area (Å²) >= 11 is 0. The zero-order valence-corrected chi connectivity index (χ0v) is 11.5. The number of hydrogen-bond acceptors (Lipinski definition) is 1. The summed E-state index contributed by atoms with van der Waals surface area (Å²) < 4.78 is 12.9. The van der Waals surface area contributed by atoms with Gasteiger partial charge in [-0.2, -0.15) is 0 Å². The molecule has 2 rings (SSSR count). The van der Waals surface area contributed by atoms with Gasteiger partial charge in [0.2, 0.25) is 0 Å². The lowest BCUT2D eigenvalue weighted by molar-refractivity contribution is 0.255. The van der Waals surface area contributed by atoms with Gasteiger partial charge in [-0.15, -0.1) is 0 Å². The zero-order valence-electron chi connectivity index (χ0n) is 11.5. The molecule has 4 heteroatoms. The molecule has 0 saturated carbocycles. The van der Waals surface area contributed by atoms with E-state index in [-0.39, 0.29) is 17.9 Å². The first-order valence-corrected chi connectivity index (χ1v) is 6.49. The quantitative estimate of drug-likeness (QED) is 0.889. The van der Waals surface area contributed by atoms with Gasteiger partial charge in [0.25, 0.3) is 0 Å². The monoisotopic (exact) mass is 272 g/mol. The van der Waals surface area contributed by atoms with Gasteiger partial charge in [0.1, 0.15) is 5.82 Å². The maximum Gasteiger partial charge on any atom is 0.326 e. The molecule has 0 aromatic heterocycles. The lowest BCUT2D eigenvalue weighted by Gasteiger charge is -2.27. The number of urea groups is 1. The molecule has 0 aliphatic heterocycles. The summed E-state index contributed by atoms with van der Waals surface area (Å²) in [6, 6.07) is 14.9. The molecule has 0 heterocycles. The number of carbonyl (C=O) groups is 1. The van der Waals surface area contributed by atoms with Crippen molar-refractivity contribution in [1.82, 2.24) is 0 Å². The van der Waals surface area contributed by atoms with E-state index in [1.54, 1.807) is 4.90 Å². The standard InChI is InChI=1S/C16H17FN2O/c1-12(2)19(15-6-4-3-5-7-15)16(20)18-14-10-8-13(17)9-11-14/h3-12H,1-2H3,(H,18,20). The number of nitrogens with zero attached hydrogens (tertiary/aromatic N) is 1. The van der Waals surface area contributed by atoms with Crippen molar-refractivity contribution in [3.63, 3.8) is 0 Å². The molecule has 0 radical (unpaired) electrons. The van der Waals surface area contributed by atoms with Gasteiger partial charge < -0.3 is 5.32 Å². The van der Waals surface area contributed by atoms with Crippen LogP contribution in [0.1, 0.15) is 13.8 Å². The lowest BCUT2D eigenvalue weighted by Crippen LogP contribution is -2.40. The molecule has 0 bridgehead atoms. The van der Waals surface area contributed by atoms with Crippen LogP contribution in [0.15, 0.2) is 54.6 Å². The van der Waals surface area contributed by atoms with Crippen LogP contribution in [0.5, 0.6) is 0 Å². The number of benzene rings is 2. The number of carbonyl (C=O) groups excluding carboxylic acids is 1. The summed E-state index contributed by atoms with van der Waals surface area (Å²) in [5, 5.41) is 2.77. The Morgan fingerprint density at radius 1 is 1.05 bits per heavy atom. The molecule has 2 aromatic carbocycles. The molecule has 0 atom stereocenters. The van der Waals surface area contributed by atoms with E-state index >= 15 is 0 Å². The van der Waals surface area contributed by atoms with Gasteiger partial charge >= 0.3 is 6.03 Å². The predicted octanol–water partition coefficient (Wildman–Crippen LogP) is 4.27. The molecule has 1 N–H and O–H groups in total. The van der Waals surface area contributed by atoms with Crippen LogP contribution < -0.4 is 10.2 Å². The lowest BCUT2D eigenvalue weighted by atomic mass is 10.2. The fourth-order valence-corrected chi connectivity index (χ4v) is 1.96. The van der Waals surface area contributed by atoms with Crippen molar-refractivity contribution < 1.29 is 9.18 Å². The SMILES string of the molecule is CC(C)N(C(=O)Nc1ccc(F)cc1)c1ccccc1. The Morgan fingerprint density at radius 3 is 2.20 bits per heavy atom. The highest BCUT2D eigenvalue weighted by molar-refractivity contribution is 6.02. The van der Waals surface area contributed by atoms with Crippen LogP contribution in [-0.4, -0.2) is 12.1 Å². The molecule has 0 aliphatic rings. The van der Waals surface area contributed by atoms with Crippen LogP contribution in [0.2, 0.25) is 0 Å². The minimum Gasteiger partial charge on any atom is -0.308 e. The topological polar surface area (TPSA) is 32.3 Å². The molecule has 0 saturated heterocycles.